The number of amides is 1. The van der Waals surface area contributed by atoms with Gasteiger partial charge in [0.1, 0.15) is 5.82 Å². The summed E-state index contributed by atoms with van der Waals surface area (Å²) in [4.78, 5) is 12.3. The highest BCUT2D eigenvalue weighted by Crippen LogP contribution is 2.45. The zero-order chi connectivity index (χ0) is 16.7. The second-order valence-corrected chi connectivity index (χ2v) is 7.82. The molecule has 1 N–H and O–H groups in total. The molecule has 0 unspecified atom stereocenters. The molecule has 0 spiro atoms. The van der Waals surface area contributed by atoms with Crippen LogP contribution >= 0.6 is 23.4 Å². The zero-order valence-corrected chi connectivity index (χ0v) is 15.0. The Kier molecular flexibility index (Phi) is 4.26. The molecule has 1 heterocycles. The minimum atomic E-state index is -0.0521. The van der Waals surface area contributed by atoms with Gasteiger partial charge in [0.05, 0.1) is 5.75 Å². The quantitative estimate of drug-likeness (QED) is 0.783. The monoisotopic (exact) mass is 362 g/mol. The van der Waals surface area contributed by atoms with E-state index >= 15 is 0 Å². The normalized spacial score (nSPS) is 17.1. The van der Waals surface area contributed by atoms with Crippen LogP contribution in [0, 0.1) is 6.92 Å². The van der Waals surface area contributed by atoms with Crippen LogP contribution < -0.4 is 5.32 Å². The molecule has 0 bridgehead atoms. The van der Waals surface area contributed by atoms with Gasteiger partial charge in [-0.2, -0.15) is 0 Å². The maximum Gasteiger partial charge on any atom is 0.234 e. The summed E-state index contributed by atoms with van der Waals surface area (Å²) in [6.07, 6.45) is 4.81. The van der Waals surface area contributed by atoms with E-state index in [1.54, 1.807) is 0 Å². The van der Waals surface area contributed by atoms with Gasteiger partial charge in [-0.1, -0.05) is 29.4 Å². The van der Waals surface area contributed by atoms with E-state index in [4.69, 9.17) is 11.6 Å². The van der Waals surface area contributed by atoms with Crippen LogP contribution in [-0.2, 0) is 4.79 Å². The van der Waals surface area contributed by atoms with E-state index < -0.39 is 0 Å². The lowest BCUT2D eigenvalue weighted by molar-refractivity contribution is -0.113. The molecule has 1 aromatic carbocycles. The standard InChI is InChI=1S/C17H19ClN4OS/c1-10-13(18)3-2-4-14(10)19-15(23)9-24-17-21-20-16(11-5-6-11)22(17)12-7-8-12/h2-4,11-12H,5-9H2,1H3,(H,19,23). The SMILES string of the molecule is Cc1c(Cl)cccc1NC(=O)CSc1nnc(C2CC2)n1C1CC1. The average Bonchev–Trinajstić information content (AvgIpc) is 3.48. The minimum Gasteiger partial charge on any atom is -0.325 e. The summed E-state index contributed by atoms with van der Waals surface area (Å²) in [6, 6.07) is 6.06. The number of nitrogens with one attached hydrogen (secondary N) is 1. The van der Waals surface area contributed by atoms with Crippen molar-refractivity contribution in [1.82, 2.24) is 14.8 Å². The molecule has 2 aliphatic carbocycles. The largest absolute Gasteiger partial charge is 0.325 e. The Balaban J connectivity index is 1.41. The Morgan fingerprint density at radius 2 is 2.12 bits per heavy atom. The maximum atomic E-state index is 12.3. The Bertz CT molecular complexity index is 783. The maximum absolute atomic E-state index is 12.3. The van der Waals surface area contributed by atoms with Crippen molar-refractivity contribution in [2.75, 3.05) is 11.1 Å². The number of thioether (sulfide) groups is 1. The molecule has 126 valence electrons. The van der Waals surface area contributed by atoms with Gasteiger partial charge in [-0.05, 0) is 50.3 Å². The molecule has 7 heteroatoms. The topological polar surface area (TPSA) is 59.8 Å². The molecule has 2 aliphatic rings. The molecular weight excluding hydrogens is 344 g/mol. The summed E-state index contributed by atoms with van der Waals surface area (Å²) in [5, 5.41) is 13.1. The van der Waals surface area contributed by atoms with Crippen LogP contribution in [0.5, 0.6) is 0 Å². The molecule has 0 atom stereocenters. The summed E-state index contributed by atoms with van der Waals surface area (Å²) >= 11 is 7.56. The van der Waals surface area contributed by atoms with Gasteiger partial charge in [0.2, 0.25) is 5.91 Å². The Morgan fingerprint density at radius 3 is 2.83 bits per heavy atom. The third-order valence-corrected chi connectivity index (χ3v) is 5.77. The molecule has 0 saturated heterocycles. The van der Waals surface area contributed by atoms with Gasteiger partial charge in [-0.15, -0.1) is 10.2 Å². The van der Waals surface area contributed by atoms with Crippen LogP contribution in [0.4, 0.5) is 5.69 Å². The first-order valence-corrected chi connectivity index (χ1v) is 9.62. The number of carbonyl (C=O) groups is 1. The van der Waals surface area contributed by atoms with Gasteiger partial charge in [0.15, 0.2) is 5.16 Å². The summed E-state index contributed by atoms with van der Waals surface area (Å²) in [7, 11) is 0. The zero-order valence-electron chi connectivity index (χ0n) is 13.5. The second kappa shape index (κ2) is 6.41. The predicted molar refractivity (Wildman–Crippen MR) is 95.8 cm³/mol. The average molecular weight is 363 g/mol. The third kappa shape index (κ3) is 3.30. The minimum absolute atomic E-state index is 0.0521. The second-order valence-electron chi connectivity index (χ2n) is 6.47. The molecule has 1 amide bonds. The number of aromatic nitrogens is 3. The van der Waals surface area contributed by atoms with Gasteiger partial charge in [0, 0.05) is 22.7 Å². The molecule has 2 aromatic rings. The number of carbonyl (C=O) groups excluding carboxylic acids is 1. The van der Waals surface area contributed by atoms with Crippen molar-refractivity contribution < 1.29 is 4.79 Å². The van der Waals surface area contributed by atoms with Crippen molar-refractivity contribution in [1.29, 1.82) is 0 Å². The molecule has 24 heavy (non-hydrogen) atoms. The number of hydrogen-bond acceptors (Lipinski definition) is 4. The van der Waals surface area contributed by atoms with Crippen molar-refractivity contribution in [3.05, 3.63) is 34.6 Å². The number of rotatable bonds is 6. The molecule has 4 rings (SSSR count). The Morgan fingerprint density at radius 1 is 1.33 bits per heavy atom. The van der Waals surface area contributed by atoms with Crippen molar-refractivity contribution >= 4 is 35.0 Å². The highest BCUT2D eigenvalue weighted by Gasteiger charge is 2.36. The molecule has 1 aromatic heterocycles. The number of nitrogens with zero attached hydrogens (tertiary/aromatic N) is 3. The summed E-state index contributed by atoms with van der Waals surface area (Å²) in [6.45, 7) is 1.90. The van der Waals surface area contributed by atoms with Crippen LogP contribution in [0.1, 0.15) is 49.0 Å². The summed E-state index contributed by atoms with van der Waals surface area (Å²) in [5.74, 6) is 1.96. The Labute approximate surface area is 150 Å². The molecular formula is C17H19ClN4OS. The van der Waals surface area contributed by atoms with Crippen LogP contribution in [0.3, 0.4) is 0 Å². The van der Waals surface area contributed by atoms with Crippen molar-refractivity contribution in [2.45, 2.75) is 49.7 Å². The van der Waals surface area contributed by atoms with Gasteiger partial charge in [-0.3, -0.25) is 4.79 Å². The van der Waals surface area contributed by atoms with Gasteiger partial charge in [0.25, 0.3) is 0 Å². The first-order chi connectivity index (χ1) is 11.6. The van der Waals surface area contributed by atoms with Crippen molar-refractivity contribution in [3.63, 3.8) is 0 Å². The van der Waals surface area contributed by atoms with Crippen molar-refractivity contribution in [2.24, 2.45) is 0 Å². The lowest BCUT2D eigenvalue weighted by Gasteiger charge is -2.10. The van der Waals surface area contributed by atoms with Crippen LogP contribution in [0.2, 0.25) is 5.02 Å². The van der Waals surface area contributed by atoms with E-state index in [0.717, 1.165) is 22.2 Å². The third-order valence-electron chi connectivity index (χ3n) is 4.42. The van der Waals surface area contributed by atoms with Crippen LogP contribution in [0.25, 0.3) is 0 Å². The summed E-state index contributed by atoms with van der Waals surface area (Å²) < 4.78 is 2.26. The number of halogens is 1. The van der Waals surface area contributed by atoms with Gasteiger partial charge >= 0.3 is 0 Å². The van der Waals surface area contributed by atoms with E-state index in [0.29, 0.717) is 22.7 Å². The van der Waals surface area contributed by atoms with E-state index in [-0.39, 0.29) is 5.91 Å². The highest BCUT2D eigenvalue weighted by atomic mass is 35.5. The number of hydrogen-bond donors (Lipinski definition) is 1. The lowest BCUT2D eigenvalue weighted by atomic mass is 10.2. The number of benzene rings is 1. The van der Waals surface area contributed by atoms with Crippen LogP contribution in [0.15, 0.2) is 23.4 Å². The predicted octanol–water partition coefficient (Wildman–Crippen LogP) is 4.18. The smallest absolute Gasteiger partial charge is 0.234 e. The van der Waals surface area contributed by atoms with Gasteiger partial charge < -0.3 is 9.88 Å². The highest BCUT2D eigenvalue weighted by molar-refractivity contribution is 7.99. The Hall–Kier alpha value is -1.53. The number of anilines is 1. The lowest BCUT2D eigenvalue weighted by Crippen LogP contribution is -2.15. The first kappa shape index (κ1) is 16.0. The molecule has 0 radical (unpaired) electrons. The molecule has 2 fully saturated rings. The van der Waals surface area contributed by atoms with Crippen molar-refractivity contribution in [3.8, 4) is 0 Å². The molecule has 2 saturated carbocycles. The molecule has 5 nitrogen and oxygen atoms in total. The fourth-order valence-electron chi connectivity index (χ4n) is 2.74. The fourth-order valence-corrected chi connectivity index (χ4v) is 3.73. The van der Waals surface area contributed by atoms with E-state index in [2.05, 4.69) is 20.1 Å². The summed E-state index contributed by atoms with van der Waals surface area (Å²) in [5.41, 5.74) is 1.64. The molecule has 0 aliphatic heterocycles. The van der Waals surface area contributed by atoms with E-state index in [9.17, 15) is 4.79 Å². The van der Waals surface area contributed by atoms with Gasteiger partial charge in [-0.25, -0.2) is 0 Å². The van der Waals surface area contributed by atoms with E-state index in [1.807, 2.05) is 25.1 Å². The van der Waals surface area contributed by atoms with E-state index in [1.165, 1.54) is 37.4 Å². The first-order valence-electron chi connectivity index (χ1n) is 8.26. The fraction of sp³-hybridized carbons (Fsp3) is 0.471. The van der Waals surface area contributed by atoms with Crippen LogP contribution in [-0.4, -0.2) is 26.4 Å².